The van der Waals surface area contributed by atoms with Gasteiger partial charge in [-0.15, -0.1) is 11.3 Å². The van der Waals surface area contributed by atoms with Gasteiger partial charge in [-0.25, -0.2) is 24.2 Å². The first kappa shape index (κ1) is 13.3. The summed E-state index contributed by atoms with van der Waals surface area (Å²) in [6, 6.07) is 2.98. The Morgan fingerprint density at radius 2 is 2.20 bits per heavy atom. The van der Waals surface area contributed by atoms with Gasteiger partial charge in [0.25, 0.3) is 10.0 Å². The molecule has 0 aromatic carbocycles. The number of rotatable bonds is 4. The highest BCUT2D eigenvalue weighted by Gasteiger charge is 2.23. The Morgan fingerprint density at radius 3 is 2.95 bits per heavy atom. The van der Waals surface area contributed by atoms with E-state index >= 15 is 0 Å². The van der Waals surface area contributed by atoms with Crippen molar-refractivity contribution in [2.45, 2.75) is 24.2 Å². The number of nitrogen functional groups attached to an aromatic ring is 1. The maximum atomic E-state index is 12.3. The molecule has 106 valence electrons. The number of aromatic nitrogens is 2. The van der Waals surface area contributed by atoms with E-state index in [4.69, 9.17) is 5.84 Å². The summed E-state index contributed by atoms with van der Waals surface area (Å²) >= 11 is 1.38. The van der Waals surface area contributed by atoms with Crippen molar-refractivity contribution in [1.29, 1.82) is 0 Å². The molecular weight excluding hydrogens is 298 g/mol. The van der Waals surface area contributed by atoms with Gasteiger partial charge in [-0.2, -0.15) is 0 Å². The van der Waals surface area contributed by atoms with Gasteiger partial charge in [0, 0.05) is 11.1 Å². The van der Waals surface area contributed by atoms with E-state index < -0.39 is 10.0 Å². The van der Waals surface area contributed by atoms with Gasteiger partial charge < -0.3 is 5.43 Å². The van der Waals surface area contributed by atoms with Crippen molar-refractivity contribution in [3.8, 4) is 0 Å². The summed E-state index contributed by atoms with van der Waals surface area (Å²) < 4.78 is 27.1. The van der Waals surface area contributed by atoms with Crippen LogP contribution in [0.25, 0.3) is 0 Å². The van der Waals surface area contributed by atoms with Crippen LogP contribution in [0.15, 0.2) is 23.2 Å². The lowest BCUT2D eigenvalue weighted by Crippen LogP contribution is -2.18. The monoisotopic (exact) mass is 311 g/mol. The number of hydrogen-bond donors (Lipinski definition) is 3. The summed E-state index contributed by atoms with van der Waals surface area (Å²) in [5.74, 6) is 5.38. The van der Waals surface area contributed by atoms with E-state index in [1.54, 1.807) is 0 Å². The Morgan fingerprint density at radius 1 is 1.35 bits per heavy atom. The maximum Gasteiger partial charge on any atom is 0.267 e. The lowest BCUT2D eigenvalue weighted by Gasteiger charge is -2.08. The highest BCUT2D eigenvalue weighted by atomic mass is 32.2. The van der Waals surface area contributed by atoms with Crippen LogP contribution in [0.4, 0.5) is 10.9 Å². The van der Waals surface area contributed by atoms with E-state index in [9.17, 15) is 8.42 Å². The van der Waals surface area contributed by atoms with Gasteiger partial charge in [0.2, 0.25) is 0 Å². The van der Waals surface area contributed by atoms with E-state index in [-0.39, 0.29) is 10.7 Å². The molecule has 0 saturated carbocycles. The van der Waals surface area contributed by atoms with Crippen molar-refractivity contribution >= 4 is 32.3 Å². The number of sulfonamides is 1. The molecule has 0 atom stereocenters. The zero-order chi connectivity index (χ0) is 14.2. The van der Waals surface area contributed by atoms with Crippen LogP contribution in [-0.4, -0.2) is 18.4 Å². The quantitative estimate of drug-likeness (QED) is 0.576. The standard InChI is InChI=1S/C11H13N5O2S2/c12-15-10-9(5-2-6-13-10)20(17,18)16-11-14-7-3-1-4-8(7)19-11/h2,5-6H,1,3-4,12H2,(H,13,15)(H,14,16). The molecule has 2 heterocycles. The van der Waals surface area contributed by atoms with Crippen molar-refractivity contribution in [2.75, 3.05) is 10.1 Å². The minimum atomic E-state index is -3.75. The number of nitrogens with two attached hydrogens (primary N) is 1. The van der Waals surface area contributed by atoms with Crippen molar-refractivity contribution in [3.05, 3.63) is 28.9 Å². The number of thiazole rings is 1. The number of pyridine rings is 1. The molecule has 0 fully saturated rings. The molecule has 0 bridgehead atoms. The Hall–Kier alpha value is -1.71. The molecular formula is C11H13N5O2S2. The summed E-state index contributed by atoms with van der Waals surface area (Å²) in [5.41, 5.74) is 3.28. The molecule has 0 amide bonds. The minimum Gasteiger partial charge on any atom is -0.307 e. The van der Waals surface area contributed by atoms with E-state index in [0.29, 0.717) is 5.13 Å². The molecule has 0 radical (unpaired) electrons. The number of anilines is 2. The molecule has 1 aliphatic carbocycles. The molecule has 20 heavy (non-hydrogen) atoms. The molecule has 2 aromatic heterocycles. The van der Waals surface area contributed by atoms with Gasteiger partial charge >= 0.3 is 0 Å². The minimum absolute atomic E-state index is 0.00198. The van der Waals surface area contributed by atoms with Crippen molar-refractivity contribution < 1.29 is 8.42 Å². The van der Waals surface area contributed by atoms with Crippen LogP contribution in [0, 0.1) is 0 Å². The summed E-state index contributed by atoms with van der Waals surface area (Å²) in [7, 11) is -3.75. The molecule has 3 rings (SSSR count). The molecule has 9 heteroatoms. The van der Waals surface area contributed by atoms with Gasteiger partial charge in [-0.1, -0.05) is 0 Å². The lowest BCUT2D eigenvalue weighted by atomic mass is 10.4. The first-order chi connectivity index (χ1) is 9.60. The molecule has 7 nitrogen and oxygen atoms in total. The summed E-state index contributed by atoms with van der Waals surface area (Å²) in [5, 5.41) is 0.390. The first-order valence-electron chi connectivity index (χ1n) is 6.03. The van der Waals surface area contributed by atoms with Gasteiger partial charge in [0.15, 0.2) is 10.9 Å². The smallest absolute Gasteiger partial charge is 0.267 e. The third-order valence-electron chi connectivity index (χ3n) is 3.01. The fraction of sp³-hybridized carbons (Fsp3) is 0.273. The SMILES string of the molecule is NNc1ncccc1S(=O)(=O)Nc1nc2c(s1)CCC2. The second-order valence-corrected chi connectivity index (χ2v) is 7.08. The fourth-order valence-electron chi connectivity index (χ4n) is 2.12. The highest BCUT2D eigenvalue weighted by Crippen LogP contribution is 2.32. The van der Waals surface area contributed by atoms with Crippen molar-refractivity contribution in [2.24, 2.45) is 5.84 Å². The third-order valence-corrected chi connectivity index (χ3v) is 5.59. The van der Waals surface area contributed by atoms with Gasteiger partial charge in [-0.05, 0) is 31.4 Å². The van der Waals surface area contributed by atoms with E-state index in [1.807, 2.05) is 0 Å². The lowest BCUT2D eigenvalue weighted by molar-refractivity contribution is 0.601. The number of hydrazine groups is 1. The average molecular weight is 311 g/mol. The van der Waals surface area contributed by atoms with Crippen LogP contribution in [0.3, 0.4) is 0 Å². The first-order valence-corrected chi connectivity index (χ1v) is 8.33. The molecule has 0 aliphatic heterocycles. The van der Waals surface area contributed by atoms with Crippen LogP contribution in [0.5, 0.6) is 0 Å². The maximum absolute atomic E-state index is 12.3. The van der Waals surface area contributed by atoms with Crippen LogP contribution >= 0.6 is 11.3 Å². The van der Waals surface area contributed by atoms with Crippen LogP contribution < -0.4 is 16.0 Å². The normalized spacial score (nSPS) is 14.1. The van der Waals surface area contributed by atoms with Crippen LogP contribution in [-0.2, 0) is 22.9 Å². The highest BCUT2D eigenvalue weighted by molar-refractivity contribution is 7.93. The Bertz CT molecular complexity index is 720. The summed E-state index contributed by atoms with van der Waals surface area (Å²) in [6.07, 6.45) is 4.43. The van der Waals surface area contributed by atoms with Crippen LogP contribution in [0.2, 0.25) is 0 Å². The van der Waals surface area contributed by atoms with E-state index in [1.165, 1.54) is 29.7 Å². The number of aryl methyl sites for hydroxylation is 2. The molecule has 2 aromatic rings. The Labute approximate surface area is 120 Å². The number of fused-ring (bicyclic) bond motifs is 1. The fourth-order valence-corrected chi connectivity index (χ4v) is 4.53. The average Bonchev–Trinajstić information content (AvgIpc) is 2.99. The second kappa shape index (κ2) is 5.00. The molecule has 4 N–H and O–H groups in total. The van der Waals surface area contributed by atoms with Gasteiger partial charge in [0.1, 0.15) is 4.90 Å². The largest absolute Gasteiger partial charge is 0.307 e. The second-order valence-electron chi connectivity index (χ2n) is 4.34. The number of nitrogens with zero attached hydrogens (tertiary/aromatic N) is 2. The zero-order valence-corrected chi connectivity index (χ0v) is 12.1. The molecule has 0 unspecified atom stereocenters. The van der Waals surface area contributed by atoms with Gasteiger partial charge in [-0.3, -0.25) is 4.72 Å². The zero-order valence-electron chi connectivity index (χ0n) is 10.5. The van der Waals surface area contributed by atoms with Gasteiger partial charge in [0.05, 0.1) is 5.69 Å². The van der Waals surface area contributed by atoms with Crippen molar-refractivity contribution in [1.82, 2.24) is 9.97 Å². The van der Waals surface area contributed by atoms with Crippen LogP contribution in [0.1, 0.15) is 17.0 Å². The molecule has 1 aliphatic rings. The summed E-state index contributed by atoms with van der Waals surface area (Å²) in [4.78, 5) is 9.35. The predicted octanol–water partition coefficient (Wildman–Crippen LogP) is 1.11. The number of hydrogen-bond acceptors (Lipinski definition) is 7. The summed E-state index contributed by atoms with van der Waals surface area (Å²) in [6.45, 7) is 0. The van der Waals surface area contributed by atoms with E-state index in [0.717, 1.165) is 29.8 Å². The van der Waals surface area contributed by atoms with E-state index in [2.05, 4.69) is 20.1 Å². The Balaban J connectivity index is 1.92. The Kier molecular flexibility index (Phi) is 3.32. The van der Waals surface area contributed by atoms with Crippen molar-refractivity contribution in [3.63, 3.8) is 0 Å². The molecule has 0 spiro atoms. The molecule has 0 saturated heterocycles. The topological polar surface area (TPSA) is 110 Å². The third kappa shape index (κ3) is 2.35. The number of nitrogens with one attached hydrogen (secondary N) is 2. The predicted molar refractivity (Wildman–Crippen MR) is 77.0 cm³/mol.